The number of ether oxygens (including phenoxy) is 1. The topological polar surface area (TPSA) is 98.8 Å². The number of nitrogens with one attached hydrogen (secondary N) is 3. The number of thiocarbonyl (C=S) groups is 1. The first-order chi connectivity index (χ1) is 18.7. The SMILES string of the molecule is CN1CCN(CC(=O)Nc2cc(Oc3ccc(NC(=S)NC(=O)Cc4ccc(F)cc4)cc3F)ccn2)CC1. The molecule has 4 rings (SSSR count). The number of carbonyl (C=O) groups is 2. The number of benzene rings is 2. The molecule has 204 valence electrons. The van der Waals surface area contributed by atoms with Gasteiger partial charge in [0.1, 0.15) is 17.4 Å². The molecule has 0 spiro atoms. The van der Waals surface area contributed by atoms with Crippen molar-refractivity contribution < 1.29 is 23.1 Å². The van der Waals surface area contributed by atoms with E-state index in [2.05, 4.69) is 30.7 Å². The van der Waals surface area contributed by atoms with E-state index in [1.165, 1.54) is 54.7 Å². The third-order valence-corrected chi connectivity index (χ3v) is 6.11. The fraction of sp³-hybridized carbons (Fsp3) is 0.259. The number of carbonyl (C=O) groups excluding carboxylic acids is 2. The Morgan fingerprint density at radius 2 is 1.72 bits per heavy atom. The zero-order valence-corrected chi connectivity index (χ0v) is 22.1. The van der Waals surface area contributed by atoms with E-state index in [9.17, 15) is 18.4 Å². The highest BCUT2D eigenvalue weighted by molar-refractivity contribution is 7.80. The number of amides is 2. The van der Waals surface area contributed by atoms with E-state index < -0.39 is 17.5 Å². The number of likely N-dealkylation sites (N-methyl/N-ethyl adjacent to an activating group) is 1. The summed E-state index contributed by atoms with van der Waals surface area (Å²) in [6, 6.07) is 12.7. The molecule has 1 saturated heterocycles. The summed E-state index contributed by atoms with van der Waals surface area (Å²) in [5.41, 5.74) is 0.927. The molecule has 2 heterocycles. The molecule has 12 heteroatoms. The number of aromatic nitrogens is 1. The highest BCUT2D eigenvalue weighted by atomic mass is 32.1. The van der Waals surface area contributed by atoms with Crippen molar-refractivity contribution in [3.63, 3.8) is 0 Å². The van der Waals surface area contributed by atoms with Gasteiger partial charge in [-0.15, -0.1) is 0 Å². The second-order valence-electron chi connectivity index (χ2n) is 9.06. The van der Waals surface area contributed by atoms with E-state index in [1.54, 1.807) is 6.07 Å². The molecular formula is C27H28F2N6O3S. The number of rotatable bonds is 8. The fourth-order valence-corrected chi connectivity index (χ4v) is 4.08. The van der Waals surface area contributed by atoms with Crippen molar-refractivity contribution in [1.82, 2.24) is 20.1 Å². The molecule has 1 aliphatic rings. The Kier molecular flexibility index (Phi) is 9.47. The predicted molar refractivity (Wildman–Crippen MR) is 148 cm³/mol. The summed E-state index contributed by atoms with van der Waals surface area (Å²) in [5, 5.41) is 7.99. The van der Waals surface area contributed by atoms with Crippen LogP contribution < -0.4 is 20.7 Å². The van der Waals surface area contributed by atoms with Gasteiger partial charge in [-0.1, -0.05) is 12.1 Å². The molecule has 0 aliphatic carbocycles. The maximum absolute atomic E-state index is 14.7. The average Bonchev–Trinajstić information content (AvgIpc) is 2.88. The van der Waals surface area contributed by atoms with Crippen molar-refractivity contribution in [3.8, 4) is 11.5 Å². The van der Waals surface area contributed by atoms with Crippen LogP contribution >= 0.6 is 12.2 Å². The van der Waals surface area contributed by atoms with Gasteiger partial charge >= 0.3 is 0 Å². The van der Waals surface area contributed by atoms with Gasteiger partial charge in [0.2, 0.25) is 11.8 Å². The monoisotopic (exact) mass is 554 g/mol. The van der Waals surface area contributed by atoms with Crippen LogP contribution in [0.4, 0.5) is 20.3 Å². The molecule has 0 atom stereocenters. The minimum Gasteiger partial charge on any atom is -0.454 e. The van der Waals surface area contributed by atoms with Gasteiger partial charge in [-0.05, 0) is 55.2 Å². The maximum atomic E-state index is 14.7. The number of pyridine rings is 1. The Morgan fingerprint density at radius 3 is 2.44 bits per heavy atom. The molecule has 0 saturated carbocycles. The second kappa shape index (κ2) is 13.2. The van der Waals surface area contributed by atoms with E-state index in [4.69, 9.17) is 17.0 Å². The molecule has 1 aromatic heterocycles. The van der Waals surface area contributed by atoms with Crippen molar-refractivity contribution in [2.75, 3.05) is 50.4 Å². The minimum absolute atomic E-state index is 0.00741. The van der Waals surface area contributed by atoms with Crippen molar-refractivity contribution in [3.05, 3.63) is 78.0 Å². The number of piperazine rings is 1. The lowest BCUT2D eigenvalue weighted by molar-refractivity contribution is -0.119. The van der Waals surface area contributed by atoms with E-state index in [1.807, 2.05) is 7.05 Å². The summed E-state index contributed by atoms with van der Waals surface area (Å²) in [4.78, 5) is 33.0. The number of halogens is 2. The van der Waals surface area contributed by atoms with Crippen LogP contribution in [0.1, 0.15) is 5.56 Å². The van der Waals surface area contributed by atoms with Crippen molar-refractivity contribution in [2.45, 2.75) is 6.42 Å². The molecule has 0 bridgehead atoms. The van der Waals surface area contributed by atoms with Crippen LogP contribution in [0, 0.1) is 11.6 Å². The number of hydrogen-bond donors (Lipinski definition) is 3. The molecule has 1 aliphatic heterocycles. The van der Waals surface area contributed by atoms with Gasteiger partial charge in [0.25, 0.3) is 0 Å². The second-order valence-corrected chi connectivity index (χ2v) is 9.47. The Balaban J connectivity index is 1.28. The Bertz CT molecular complexity index is 1330. The fourth-order valence-electron chi connectivity index (χ4n) is 3.84. The van der Waals surface area contributed by atoms with Crippen molar-refractivity contribution in [1.29, 1.82) is 0 Å². The molecule has 3 aromatic rings. The molecule has 2 aromatic carbocycles. The highest BCUT2D eigenvalue weighted by Gasteiger charge is 2.17. The first kappa shape index (κ1) is 28.0. The van der Waals surface area contributed by atoms with E-state index in [0.29, 0.717) is 22.8 Å². The van der Waals surface area contributed by atoms with Crippen LogP contribution in [0.3, 0.4) is 0 Å². The first-order valence-corrected chi connectivity index (χ1v) is 12.6. The zero-order chi connectivity index (χ0) is 27.8. The summed E-state index contributed by atoms with van der Waals surface area (Å²) in [6.45, 7) is 3.72. The van der Waals surface area contributed by atoms with Gasteiger partial charge in [0.05, 0.1) is 13.0 Å². The Morgan fingerprint density at radius 1 is 0.974 bits per heavy atom. The molecule has 0 unspecified atom stereocenters. The minimum atomic E-state index is -0.669. The quantitative estimate of drug-likeness (QED) is 0.365. The molecule has 9 nitrogen and oxygen atoms in total. The van der Waals surface area contributed by atoms with Crippen molar-refractivity contribution in [2.24, 2.45) is 0 Å². The van der Waals surface area contributed by atoms with E-state index in [-0.39, 0.29) is 29.7 Å². The standard InChI is InChI=1S/C27H28F2N6O3S/c1-34-10-12-35(13-11-34)17-26(37)32-24-16-21(8-9-30-24)38-23-7-6-20(15-22(23)29)31-27(39)33-25(36)14-18-2-4-19(28)5-3-18/h2-9,15-16H,10-14,17H2,1H3,(H,30,32,37)(H2,31,33,36,39). The largest absolute Gasteiger partial charge is 0.454 e. The smallest absolute Gasteiger partial charge is 0.239 e. The van der Waals surface area contributed by atoms with Crippen LogP contribution in [0.25, 0.3) is 0 Å². The zero-order valence-electron chi connectivity index (χ0n) is 21.2. The Labute approximate surface area is 230 Å². The predicted octanol–water partition coefficient (Wildman–Crippen LogP) is 3.39. The molecule has 3 N–H and O–H groups in total. The Hall–Kier alpha value is -4.00. The van der Waals surface area contributed by atoms with E-state index >= 15 is 0 Å². The lowest BCUT2D eigenvalue weighted by atomic mass is 10.1. The van der Waals surface area contributed by atoms with Crippen LogP contribution in [0.2, 0.25) is 0 Å². The number of anilines is 2. The van der Waals surface area contributed by atoms with Crippen LogP contribution in [0.15, 0.2) is 60.8 Å². The van der Waals surface area contributed by atoms with Gasteiger partial charge in [0.15, 0.2) is 16.7 Å². The molecule has 1 fully saturated rings. The van der Waals surface area contributed by atoms with Gasteiger partial charge in [0, 0.05) is 50.2 Å². The van der Waals surface area contributed by atoms with Gasteiger partial charge < -0.3 is 25.6 Å². The molecule has 0 radical (unpaired) electrons. The molecule has 2 amide bonds. The van der Waals surface area contributed by atoms with Crippen LogP contribution in [0.5, 0.6) is 11.5 Å². The summed E-state index contributed by atoms with van der Waals surface area (Å²) in [6.07, 6.45) is 1.47. The third-order valence-electron chi connectivity index (χ3n) is 5.91. The highest BCUT2D eigenvalue weighted by Crippen LogP contribution is 2.27. The summed E-state index contributed by atoms with van der Waals surface area (Å²) in [5.74, 6) is -1.10. The third kappa shape index (κ3) is 8.77. The van der Waals surface area contributed by atoms with Crippen LogP contribution in [-0.2, 0) is 16.0 Å². The van der Waals surface area contributed by atoms with Gasteiger partial charge in [-0.25, -0.2) is 13.8 Å². The number of hydrogen-bond acceptors (Lipinski definition) is 7. The average molecular weight is 555 g/mol. The summed E-state index contributed by atoms with van der Waals surface area (Å²) < 4.78 is 33.4. The normalized spacial score (nSPS) is 13.9. The maximum Gasteiger partial charge on any atom is 0.239 e. The summed E-state index contributed by atoms with van der Waals surface area (Å²) >= 11 is 5.13. The van der Waals surface area contributed by atoms with E-state index in [0.717, 1.165) is 26.2 Å². The first-order valence-electron chi connectivity index (χ1n) is 12.2. The van der Waals surface area contributed by atoms with Crippen LogP contribution in [-0.4, -0.2) is 71.5 Å². The molecular weight excluding hydrogens is 526 g/mol. The molecule has 39 heavy (non-hydrogen) atoms. The lowest BCUT2D eigenvalue weighted by Crippen LogP contribution is -2.47. The number of nitrogens with zero attached hydrogens (tertiary/aromatic N) is 3. The lowest BCUT2D eigenvalue weighted by Gasteiger charge is -2.31. The summed E-state index contributed by atoms with van der Waals surface area (Å²) in [7, 11) is 2.05. The van der Waals surface area contributed by atoms with Crippen molar-refractivity contribution >= 4 is 40.6 Å². The van der Waals surface area contributed by atoms with Gasteiger partial charge in [-0.2, -0.15) is 0 Å². The van der Waals surface area contributed by atoms with Gasteiger partial charge in [-0.3, -0.25) is 14.5 Å².